The second-order valence-corrected chi connectivity index (χ2v) is 3.36. The van der Waals surface area contributed by atoms with Crippen molar-refractivity contribution in [3.8, 4) is 11.8 Å². The van der Waals surface area contributed by atoms with Crippen LogP contribution in [0.5, 0.6) is 0 Å². The van der Waals surface area contributed by atoms with Crippen LogP contribution in [0.4, 0.5) is 0 Å². The van der Waals surface area contributed by atoms with Crippen LogP contribution in [0.3, 0.4) is 0 Å². The van der Waals surface area contributed by atoms with E-state index in [0.717, 1.165) is 24.3 Å². The van der Waals surface area contributed by atoms with E-state index in [1.165, 1.54) is 0 Å². The average Bonchev–Trinajstić information content (AvgIpc) is 2.61. The molecule has 0 atom stereocenters. The van der Waals surface area contributed by atoms with Crippen molar-refractivity contribution in [1.82, 2.24) is 10.3 Å². The molecule has 1 heterocycles. The fraction of sp³-hybridized carbons (Fsp3) is 0.333. The van der Waals surface area contributed by atoms with Crippen LogP contribution in [0, 0.1) is 11.8 Å². The van der Waals surface area contributed by atoms with Gasteiger partial charge in [-0.2, -0.15) is 0 Å². The Hall–Kier alpha value is -1.38. The van der Waals surface area contributed by atoms with Crippen LogP contribution in [0.15, 0.2) is 5.38 Å². The molecule has 4 nitrogen and oxygen atoms in total. The Morgan fingerprint density at radius 1 is 1.79 bits per heavy atom. The van der Waals surface area contributed by atoms with Crippen molar-refractivity contribution < 1.29 is 9.90 Å². The summed E-state index contributed by atoms with van der Waals surface area (Å²) in [6, 6.07) is 0. The van der Waals surface area contributed by atoms with Gasteiger partial charge in [0.1, 0.15) is 5.69 Å². The topological polar surface area (TPSA) is 62.2 Å². The molecule has 1 aromatic rings. The third-order valence-electron chi connectivity index (χ3n) is 1.40. The lowest BCUT2D eigenvalue weighted by atomic mass is 10.4. The van der Waals surface area contributed by atoms with Crippen LogP contribution in [-0.2, 0) is 0 Å². The Kier molecular flexibility index (Phi) is 4.11. The zero-order valence-electron chi connectivity index (χ0n) is 7.70. The Bertz CT molecular complexity index is 376. The van der Waals surface area contributed by atoms with Crippen molar-refractivity contribution >= 4 is 17.3 Å². The SMILES string of the molecule is CNCCC#Cc1csc(C(=O)O)n1. The van der Waals surface area contributed by atoms with E-state index in [9.17, 15) is 4.79 Å². The summed E-state index contributed by atoms with van der Waals surface area (Å²) in [5.41, 5.74) is 0.531. The Morgan fingerprint density at radius 3 is 3.14 bits per heavy atom. The number of thiazole rings is 1. The lowest BCUT2D eigenvalue weighted by Gasteiger charge is -1.86. The van der Waals surface area contributed by atoms with Crippen molar-refractivity contribution in [1.29, 1.82) is 0 Å². The van der Waals surface area contributed by atoms with E-state index in [4.69, 9.17) is 5.11 Å². The first-order valence-electron chi connectivity index (χ1n) is 4.06. The van der Waals surface area contributed by atoms with Gasteiger partial charge in [0.05, 0.1) is 0 Å². The molecule has 1 aromatic heterocycles. The van der Waals surface area contributed by atoms with Gasteiger partial charge >= 0.3 is 5.97 Å². The number of aromatic nitrogens is 1. The molecule has 0 aliphatic heterocycles. The second-order valence-electron chi connectivity index (χ2n) is 2.50. The molecule has 0 aliphatic carbocycles. The molecule has 0 saturated carbocycles. The molecule has 0 radical (unpaired) electrons. The number of carboxylic acids is 1. The van der Waals surface area contributed by atoms with Gasteiger partial charge in [0.2, 0.25) is 5.01 Å². The predicted octanol–water partition coefficient (Wildman–Crippen LogP) is 0.802. The summed E-state index contributed by atoms with van der Waals surface area (Å²) >= 11 is 1.09. The molecule has 0 fully saturated rings. The van der Waals surface area contributed by atoms with Crippen molar-refractivity contribution in [2.24, 2.45) is 0 Å². The monoisotopic (exact) mass is 210 g/mol. The van der Waals surface area contributed by atoms with Crippen molar-refractivity contribution in [3.63, 3.8) is 0 Å². The van der Waals surface area contributed by atoms with Gasteiger partial charge in [0, 0.05) is 18.3 Å². The summed E-state index contributed by atoms with van der Waals surface area (Å²) < 4.78 is 0. The van der Waals surface area contributed by atoms with E-state index in [1.54, 1.807) is 5.38 Å². The van der Waals surface area contributed by atoms with Crippen molar-refractivity contribution in [3.05, 3.63) is 16.1 Å². The minimum atomic E-state index is -1.00. The van der Waals surface area contributed by atoms with E-state index < -0.39 is 5.97 Å². The molecule has 0 unspecified atom stereocenters. The van der Waals surface area contributed by atoms with E-state index in [1.807, 2.05) is 7.05 Å². The highest BCUT2D eigenvalue weighted by molar-refractivity contribution is 7.11. The summed E-state index contributed by atoms with van der Waals surface area (Å²) in [5.74, 6) is 4.69. The van der Waals surface area contributed by atoms with Gasteiger partial charge in [-0.25, -0.2) is 9.78 Å². The minimum absolute atomic E-state index is 0.0860. The summed E-state index contributed by atoms with van der Waals surface area (Å²) in [4.78, 5) is 14.3. The smallest absolute Gasteiger partial charge is 0.365 e. The van der Waals surface area contributed by atoms with E-state index in [0.29, 0.717) is 5.69 Å². The van der Waals surface area contributed by atoms with Gasteiger partial charge in [-0.3, -0.25) is 0 Å². The molecule has 1 rings (SSSR count). The zero-order chi connectivity index (χ0) is 10.4. The lowest BCUT2D eigenvalue weighted by Crippen LogP contribution is -2.05. The largest absolute Gasteiger partial charge is 0.476 e. The Labute approximate surface area is 86.0 Å². The molecule has 0 aromatic carbocycles. The maximum Gasteiger partial charge on any atom is 0.365 e. The number of hydrogen-bond acceptors (Lipinski definition) is 4. The van der Waals surface area contributed by atoms with E-state index in [-0.39, 0.29) is 5.01 Å². The van der Waals surface area contributed by atoms with Gasteiger partial charge in [0.25, 0.3) is 0 Å². The molecule has 74 valence electrons. The number of nitrogens with zero attached hydrogens (tertiary/aromatic N) is 1. The molecule has 14 heavy (non-hydrogen) atoms. The van der Waals surface area contributed by atoms with Gasteiger partial charge in [-0.15, -0.1) is 11.3 Å². The van der Waals surface area contributed by atoms with Crippen LogP contribution in [0.1, 0.15) is 21.9 Å². The molecular formula is C9H10N2O2S. The summed E-state index contributed by atoms with van der Waals surface area (Å²) in [5, 5.41) is 13.3. The number of nitrogens with one attached hydrogen (secondary N) is 1. The van der Waals surface area contributed by atoms with Crippen LogP contribution in [-0.4, -0.2) is 29.7 Å². The number of rotatable bonds is 3. The maximum absolute atomic E-state index is 10.5. The average molecular weight is 210 g/mol. The highest BCUT2D eigenvalue weighted by atomic mass is 32.1. The van der Waals surface area contributed by atoms with Gasteiger partial charge in [-0.05, 0) is 13.0 Å². The normalized spacial score (nSPS) is 9.21. The first kappa shape index (κ1) is 10.7. The molecule has 5 heteroatoms. The quantitative estimate of drug-likeness (QED) is 0.572. The molecule has 0 saturated heterocycles. The Morgan fingerprint density at radius 2 is 2.57 bits per heavy atom. The molecular weight excluding hydrogens is 200 g/mol. The summed E-state index contributed by atoms with van der Waals surface area (Å²) in [6.45, 7) is 0.822. The molecule has 2 N–H and O–H groups in total. The minimum Gasteiger partial charge on any atom is -0.476 e. The third-order valence-corrected chi connectivity index (χ3v) is 2.23. The molecule has 0 bridgehead atoms. The van der Waals surface area contributed by atoms with Gasteiger partial charge < -0.3 is 10.4 Å². The van der Waals surface area contributed by atoms with Gasteiger partial charge in [0.15, 0.2) is 0 Å². The summed E-state index contributed by atoms with van der Waals surface area (Å²) in [6.07, 6.45) is 0.733. The summed E-state index contributed by atoms with van der Waals surface area (Å²) in [7, 11) is 1.85. The highest BCUT2D eigenvalue weighted by Crippen LogP contribution is 2.08. The van der Waals surface area contributed by atoms with Crippen molar-refractivity contribution in [2.75, 3.05) is 13.6 Å². The second kappa shape index (κ2) is 5.37. The molecule has 0 aliphatic rings. The molecule has 0 spiro atoms. The number of carboxylic acid groups (broad SMARTS) is 1. The van der Waals surface area contributed by atoms with Crippen LogP contribution in [0.2, 0.25) is 0 Å². The maximum atomic E-state index is 10.5. The van der Waals surface area contributed by atoms with E-state index >= 15 is 0 Å². The van der Waals surface area contributed by atoms with Crippen LogP contribution < -0.4 is 5.32 Å². The number of aromatic carboxylic acids is 1. The predicted molar refractivity (Wildman–Crippen MR) is 54.5 cm³/mol. The zero-order valence-corrected chi connectivity index (χ0v) is 8.52. The van der Waals surface area contributed by atoms with Crippen molar-refractivity contribution in [2.45, 2.75) is 6.42 Å². The molecule has 0 amide bonds. The van der Waals surface area contributed by atoms with Crippen LogP contribution in [0.25, 0.3) is 0 Å². The fourth-order valence-electron chi connectivity index (χ4n) is 0.770. The van der Waals surface area contributed by atoms with Crippen LogP contribution >= 0.6 is 11.3 Å². The van der Waals surface area contributed by atoms with Gasteiger partial charge in [-0.1, -0.05) is 5.92 Å². The Balaban J connectivity index is 2.58. The first-order valence-corrected chi connectivity index (χ1v) is 4.94. The lowest BCUT2D eigenvalue weighted by molar-refractivity contribution is 0.0696. The third kappa shape index (κ3) is 3.17. The highest BCUT2D eigenvalue weighted by Gasteiger charge is 2.06. The number of carbonyl (C=O) groups is 1. The van der Waals surface area contributed by atoms with E-state index in [2.05, 4.69) is 22.1 Å². The standard InChI is InChI=1S/C9H10N2O2S/c1-10-5-3-2-4-7-6-14-8(11-7)9(12)13/h6,10H,3,5H2,1H3,(H,12,13). The first-order chi connectivity index (χ1) is 6.74. The fourth-order valence-corrected chi connectivity index (χ4v) is 1.36. The number of hydrogen-bond donors (Lipinski definition) is 2.